The van der Waals surface area contributed by atoms with Gasteiger partial charge in [-0.1, -0.05) is 46.2 Å². The Kier molecular flexibility index (Phi) is 4.65. The van der Waals surface area contributed by atoms with E-state index in [4.69, 9.17) is 0 Å². The molecule has 0 bridgehead atoms. The second-order valence-corrected chi connectivity index (χ2v) is 8.58. The molecule has 2 aliphatic rings. The Morgan fingerprint density at radius 1 is 1.19 bits per heavy atom. The van der Waals surface area contributed by atoms with E-state index in [1.165, 1.54) is 12.1 Å². The molecule has 0 aromatic heterocycles. The van der Waals surface area contributed by atoms with E-state index in [0.29, 0.717) is 12.8 Å². The van der Waals surface area contributed by atoms with E-state index in [1.807, 2.05) is 20.8 Å². The first kappa shape index (κ1) is 19.9. The third-order valence-electron chi connectivity index (χ3n) is 5.62. The summed E-state index contributed by atoms with van der Waals surface area (Å²) in [4.78, 5) is 12.9. The highest BCUT2D eigenvalue weighted by Gasteiger charge is 2.69. The number of hydrogen-bond acceptors (Lipinski definition) is 3. The average Bonchev–Trinajstić information content (AvgIpc) is 2.89. The Bertz CT molecular complexity index is 765. The normalized spacial score (nSPS) is 28.7. The fourth-order valence-electron chi connectivity index (χ4n) is 3.94. The number of rotatable bonds is 1. The molecule has 1 aliphatic heterocycles. The van der Waals surface area contributed by atoms with Gasteiger partial charge in [0.2, 0.25) is 0 Å². The molecule has 1 aliphatic carbocycles. The van der Waals surface area contributed by atoms with E-state index in [1.54, 1.807) is 19.1 Å². The van der Waals surface area contributed by atoms with E-state index >= 15 is 0 Å². The van der Waals surface area contributed by atoms with Crippen molar-refractivity contribution in [2.75, 3.05) is 0 Å². The molecule has 0 radical (unpaired) electrons. The maximum absolute atomic E-state index is 13.9. The topological polar surface area (TPSA) is 52.9 Å². The second-order valence-electron chi connectivity index (χ2n) is 8.58. The quantitative estimate of drug-likeness (QED) is 0.778. The highest BCUT2D eigenvalue weighted by molar-refractivity contribution is 6.00. The molecule has 0 saturated heterocycles. The van der Waals surface area contributed by atoms with Gasteiger partial charge >= 0.3 is 6.18 Å². The molecule has 1 saturated carbocycles. The van der Waals surface area contributed by atoms with Crippen molar-refractivity contribution in [3.63, 3.8) is 0 Å². The lowest BCUT2D eigenvalue weighted by Gasteiger charge is -2.39. The SMILES string of the molecule is C[C@@H]1CCC[C@H]2C1=NN(C(=O)c1ccc(C(C)(C)C)cc1)[C@]2(O)C(F)(F)F. The van der Waals surface area contributed by atoms with Crippen molar-refractivity contribution in [3.05, 3.63) is 35.4 Å². The highest BCUT2D eigenvalue weighted by Crippen LogP contribution is 2.49. The molecule has 27 heavy (non-hydrogen) atoms. The van der Waals surface area contributed by atoms with Gasteiger partial charge in [0.15, 0.2) is 0 Å². The third-order valence-corrected chi connectivity index (χ3v) is 5.62. The minimum atomic E-state index is -5.00. The molecule has 4 nitrogen and oxygen atoms in total. The van der Waals surface area contributed by atoms with E-state index in [9.17, 15) is 23.1 Å². The number of hydrazone groups is 1. The summed E-state index contributed by atoms with van der Waals surface area (Å²) < 4.78 is 41.6. The second kappa shape index (κ2) is 6.33. The first-order valence-electron chi connectivity index (χ1n) is 9.20. The van der Waals surface area contributed by atoms with Crippen LogP contribution >= 0.6 is 0 Å². The summed E-state index contributed by atoms with van der Waals surface area (Å²) >= 11 is 0. The van der Waals surface area contributed by atoms with Gasteiger partial charge in [0.25, 0.3) is 11.6 Å². The molecule has 1 fully saturated rings. The number of amides is 1. The minimum absolute atomic E-state index is 0.0707. The lowest BCUT2D eigenvalue weighted by atomic mass is 9.75. The van der Waals surface area contributed by atoms with Gasteiger partial charge in [-0.05, 0) is 41.9 Å². The van der Waals surface area contributed by atoms with Crippen LogP contribution in [-0.4, -0.2) is 33.6 Å². The zero-order chi connectivity index (χ0) is 20.2. The summed E-state index contributed by atoms with van der Waals surface area (Å²) in [5, 5.41) is 14.9. The Morgan fingerprint density at radius 3 is 2.30 bits per heavy atom. The number of hydrogen-bond donors (Lipinski definition) is 1. The van der Waals surface area contributed by atoms with Gasteiger partial charge in [0.05, 0.1) is 5.92 Å². The summed E-state index contributed by atoms with van der Waals surface area (Å²) in [5.41, 5.74) is -2.15. The standard InChI is InChI=1S/C20H25F3N2O2/c1-12-6-5-7-15-16(12)24-25(19(15,27)20(21,22)23)17(26)13-8-10-14(11-9-13)18(2,3)4/h8-12,15,27H,5-7H2,1-4H3/t12-,15+,19-/m1/s1. The maximum Gasteiger partial charge on any atom is 0.439 e. The van der Waals surface area contributed by atoms with Crippen LogP contribution in [0.3, 0.4) is 0 Å². The number of halogens is 3. The van der Waals surface area contributed by atoms with Gasteiger partial charge in [-0.2, -0.15) is 23.3 Å². The zero-order valence-electron chi connectivity index (χ0n) is 16.0. The Balaban J connectivity index is 2.01. The fourth-order valence-corrected chi connectivity index (χ4v) is 3.94. The van der Waals surface area contributed by atoms with E-state index in [2.05, 4.69) is 5.10 Å². The third kappa shape index (κ3) is 3.16. The summed E-state index contributed by atoms with van der Waals surface area (Å²) in [7, 11) is 0. The average molecular weight is 382 g/mol. The molecule has 7 heteroatoms. The largest absolute Gasteiger partial charge is 0.439 e. The molecule has 0 spiro atoms. The molecule has 148 valence electrons. The van der Waals surface area contributed by atoms with Crippen LogP contribution in [0.25, 0.3) is 0 Å². The first-order chi connectivity index (χ1) is 12.4. The number of carbonyl (C=O) groups is 1. The molecule has 1 aromatic rings. The van der Waals surface area contributed by atoms with Gasteiger partial charge in [-0.3, -0.25) is 4.79 Å². The van der Waals surface area contributed by atoms with Crippen LogP contribution in [0, 0.1) is 11.8 Å². The number of benzene rings is 1. The van der Waals surface area contributed by atoms with Crippen molar-refractivity contribution in [2.24, 2.45) is 16.9 Å². The van der Waals surface area contributed by atoms with Crippen LogP contribution in [0.2, 0.25) is 0 Å². The van der Waals surface area contributed by atoms with Crippen LogP contribution in [0.15, 0.2) is 29.4 Å². The van der Waals surface area contributed by atoms with Crippen LogP contribution in [0.1, 0.15) is 62.9 Å². The molecule has 1 heterocycles. The predicted octanol–water partition coefficient (Wildman–Crippen LogP) is 4.48. The number of aliphatic hydroxyl groups is 1. The lowest BCUT2D eigenvalue weighted by Crippen LogP contribution is -2.61. The van der Waals surface area contributed by atoms with Crippen LogP contribution in [-0.2, 0) is 5.41 Å². The van der Waals surface area contributed by atoms with Gasteiger partial charge in [0.1, 0.15) is 0 Å². The van der Waals surface area contributed by atoms with E-state index in [0.717, 1.165) is 5.56 Å². The van der Waals surface area contributed by atoms with Crippen LogP contribution < -0.4 is 0 Å². The van der Waals surface area contributed by atoms with Crippen molar-refractivity contribution in [2.45, 2.75) is 64.3 Å². The van der Waals surface area contributed by atoms with Crippen molar-refractivity contribution in [3.8, 4) is 0 Å². The van der Waals surface area contributed by atoms with Gasteiger partial charge in [-0.15, -0.1) is 0 Å². The summed E-state index contributed by atoms with van der Waals surface area (Å²) in [6.07, 6.45) is -3.58. The monoisotopic (exact) mass is 382 g/mol. The van der Waals surface area contributed by atoms with E-state index < -0.39 is 23.7 Å². The Labute approximate surface area is 157 Å². The molecule has 1 amide bonds. The highest BCUT2D eigenvalue weighted by atomic mass is 19.4. The number of fused-ring (bicyclic) bond motifs is 1. The zero-order valence-corrected chi connectivity index (χ0v) is 16.0. The summed E-state index contributed by atoms with van der Waals surface area (Å²) in [6, 6.07) is 6.42. The van der Waals surface area contributed by atoms with Crippen molar-refractivity contribution in [1.82, 2.24) is 5.01 Å². The lowest BCUT2D eigenvalue weighted by molar-refractivity contribution is -0.312. The van der Waals surface area contributed by atoms with Crippen LogP contribution in [0.5, 0.6) is 0 Å². The number of alkyl halides is 3. The van der Waals surface area contributed by atoms with Crippen LogP contribution in [0.4, 0.5) is 13.2 Å². The predicted molar refractivity (Wildman–Crippen MR) is 96.3 cm³/mol. The van der Waals surface area contributed by atoms with Gasteiger partial charge in [0, 0.05) is 11.3 Å². The smallest absolute Gasteiger partial charge is 0.362 e. The molecular formula is C20H25F3N2O2. The number of nitrogens with zero attached hydrogens (tertiary/aromatic N) is 2. The van der Waals surface area contributed by atoms with Gasteiger partial charge in [-0.25, -0.2) is 0 Å². The molecule has 0 unspecified atom stereocenters. The van der Waals surface area contributed by atoms with E-state index in [-0.39, 0.29) is 34.0 Å². The minimum Gasteiger partial charge on any atom is -0.362 e. The molecule has 3 rings (SSSR count). The summed E-state index contributed by atoms with van der Waals surface area (Å²) in [5.74, 6) is -2.35. The molecular weight excluding hydrogens is 357 g/mol. The number of carbonyl (C=O) groups excluding carboxylic acids is 1. The Morgan fingerprint density at radius 2 is 1.78 bits per heavy atom. The molecule has 3 atom stereocenters. The van der Waals surface area contributed by atoms with Crippen molar-refractivity contribution in [1.29, 1.82) is 0 Å². The molecule has 1 N–H and O–H groups in total. The molecule has 1 aromatic carbocycles. The Hall–Kier alpha value is -1.89. The van der Waals surface area contributed by atoms with Crippen molar-refractivity contribution < 1.29 is 23.1 Å². The van der Waals surface area contributed by atoms with Crippen molar-refractivity contribution >= 4 is 11.6 Å². The summed E-state index contributed by atoms with van der Waals surface area (Å²) in [6.45, 7) is 7.80. The van der Waals surface area contributed by atoms with Gasteiger partial charge < -0.3 is 5.11 Å². The fraction of sp³-hybridized carbons (Fsp3) is 0.600. The maximum atomic E-state index is 13.9. The first-order valence-corrected chi connectivity index (χ1v) is 9.20.